The number of benzene rings is 2. The Morgan fingerprint density at radius 2 is 1.94 bits per heavy atom. The van der Waals surface area contributed by atoms with Gasteiger partial charge in [-0.15, -0.1) is 11.8 Å². The molecule has 2 aromatic carbocycles. The minimum absolute atomic E-state index is 0.334. The van der Waals surface area contributed by atoms with Gasteiger partial charge in [0.05, 0.1) is 0 Å². The fraction of sp³-hybridized carbons (Fsp3) is 0.143. The molecule has 3 heteroatoms. The minimum Gasteiger partial charge on any atom is -0.508 e. The lowest BCUT2D eigenvalue weighted by atomic mass is 10.2. The Kier molecular flexibility index (Phi) is 3.94. The van der Waals surface area contributed by atoms with Gasteiger partial charge in [-0.1, -0.05) is 24.3 Å². The van der Waals surface area contributed by atoms with Crippen LogP contribution in [0.15, 0.2) is 53.4 Å². The summed E-state index contributed by atoms with van der Waals surface area (Å²) in [5.41, 5.74) is 1.97. The van der Waals surface area contributed by atoms with E-state index < -0.39 is 0 Å². The van der Waals surface area contributed by atoms with Crippen molar-refractivity contribution in [1.29, 1.82) is 0 Å². The van der Waals surface area contributed by atoms with Crippen LogP contribution in [0, 0.1) is 0 Å². The summed E-state index contributed by atoms with van der Waals surface area (Å²) in [5, 5.41) is 12.9. The van der Waals surface area contributed by atoms with Gasteiger partial charge >= 0.3 is 0 Å². The summed E-state index contributed by atoms with van der Waals surface area (Å²) in [6.07, 6.45) is 2.06. The second kappa shape index (κ2) is 5.64. The van der Waals surface area contributed by atoms with Crippen LogP contribution in [0.4, 0.5) is 5.69 Å². The summed E-state index contributed by atoms with van der Waals surface area (Å²) in [6, 6.07) is 15.6. The maximum atomic E-state index is 9.65. The van der Waals surface area contributed by atoms with Crippen LogP contribution in [0.2, 0.25) is 0 Å². The third kappa shape index (κ3) is 3.17. The lowest BCUT2D eigenvalue weighted by Gasteiger charge is -2.08. The van der Waals surface area contributed by atoms with Gasteiger partial charge in [0, 0.05) is 22.7 Å². The minimum atomic E-state index is 0.334. The van der Waals surface area contributed by atoms with Crippen LogP contribution in [0.5, 0.6) is 5.75 Å². The number of anilines is 1. The standard InChI is InChI=1S/C14H15NOS/c1-17-13-7-4-6-12(9-13)15-10-11-5-2-3-8-14(11)16/h2-9,15-16H,10H2,1H3. The molecule has 2 nitrogen and oxygen atoms in total. The van der Waals surface area contributed by atoms with Crippen molar-refractivity contribution in [3.8, 4) is 5.75 Å². The van der Waals surface area contributed by atoms with Crippen LogP contribution in [0.3, 0.4) is 0 Å². The molecule has 0 spiro atoms. The van der Waals surface area contributed by atoms with Gasteiger partial charge in [-0.2, -0.15) is 0 Å². The van der Waals surface area contributed by atoms with Gasteiger partial charge < -0.3 is 10.4 Å². The maximum Gasteiger partial charge on any atom is 0.120 e. The average molecular weight is 245 g/mol. The van der Waals surface area contributed by atoms with Crippen LogP contribution in [-0.2, 0) is 6.54 Å². The van der Waals surface area contributed by atoms with E-state index in [1.165, 1.54) is 4.90 Å². The Bertz CT molecular complexity index is 499. The molecule has 0 fully saturated rings. The third-order valence-electron chi connectivity index (χ3n) is 2.54. The largest absolute Gasteiger partial charge is 0.508 e. The van der Waals surface area contributed by atoms with E-state index in [2.05, 4.69) is 23.7 Å². The van der Waals surface area contributed by atoms with E-state index in [0.29, 0.717) is 12.3 Å². The van der Waals surface area contributed by atoms with Crippen molar-refractivity contribution >= 4 is 17.4 Å². The summed E-state index contributed by atoms with van der Waals surface area (Å²) < 4.78 is 0. The molecular weight excluding hydrogens is 230 g/mol. The predicted octanol–water partition coefficient (Wildman–Crippen LogP) is 3.73. The lowest BCUT2D eigenvalue weighted by Crippen LogP contribution is -1.99. The third-order valence-corrected chi connectivity index (χ3v) is 3.27. The van der Waals surface area contributed by atoms with Gasteiger partial charge in [-0.25, -0.2) is 0 Å². The molecule has 0 heterocycles. The number of thioether (sulfide) groups is 1. The van der Waals surface area contributed by atoms with Crippen molar-refractivity contribution in [2.24, 2.45) is 0 Å². The Morgan fingerprint density at radius 1 is 1.12 bits per heavy atom. The summed E-state index contributed by atoms with van der Waals surface area (Å²) in [6.45, 7) is 0.629. The van der Waals surface area contributed by atoms with E-state index in [1.807, 2.05) is 30.3 Å². The molecule has 0 aromatic heterocycles. The molecule has 0 saturated carbocycles. The number of phenolic OH excluding ortho intramolecular Hbond substituents is 1. The first-order valence-electron chi connectivity index (χ1n) is 5.44. The number of phenols is 1. The van der Waals surface area contributed by atoms with Gasteiger partial charge in [0.15, 0.2) is 0 Å². The van der Waals surface area contributed by atoms with Crippen LogP contribution in [0.25, 0.3) is 0 Å². The van der Waals surface area contributed by atoms with Crippen molar-refractivity contribution in [1.82, 2.24) is 0 Å². The van der Waals surface area contributed by atoms with Crippen molar-refractivity contribution in [3.63, 3.8) is 0 Å². The molecule has 2 rings (SSSR count). The first-order valence-corrected chi connectivity index (χ1v) is 6.67. The van der Waals surface area contributed by atoms with E-state index in [0.717, 1.165) is 11.3 Å². The molecule has 2 N–H and O–H groups in total. The highest BCUT2D eigenvalue weighted by atomic mass is 32.2. The normalized spacial score (nSPS) is 10.2. The van der Waals surface area contributed by atoms with Gasteiger partial charge in [0.1, 0.15) is 5.75 Å². The molecule has 0 bridgehead atoms. The molecule has 0 aliphatic carbocycles. The van der Waals surface area contributed by atoms with Crippen molar-refractivity contribution in [2.45, 2.75) is 11.4 Å². The fourth-order valence-corrected chi connectivity index (χ4v) is 2.05. The smallest absolute Gasteiger partial charge is 0.120 e. The van der Waals surface area contributed by atoms with Crippen LogP contribution >= 0.6 is 11.8 Å². The number of hydrogen-bond acceptors (Lipinski definition) is 3. The van der Waals surface area contributed by atoms with E-state index in [9.17, 15) is 5.11 Å². The highest BCUT2D eigenvalue weighted by molar-refractivity contribution is 7.98. The fourth-order valence-electron chi connectivity index (χ4n) is 1.59. The molecule has 2 aromatic rings. The number of hydrogen-bond donors (Lipinski definition) is 2. The van der Waals surface area contributed by atoms with Crippen LogP contribution in [-0.4, -0.2) is 11.4 Å². The molecule has 0 aliphatic rings. The van der Waals surface area contributed by atoms with Crippen molar-refractivity contribution in [3.05, 3.63) is 54.1 Å². The summed E-state index contributed by atoms with van der Waals surface area (Å²) in [7, 11) is 0. The number of aromatic hydroxyl groups is 1. The Balaban J connectivity index is 2.05. The van der Waals surface area contributed by atoms with Gasteiger partial charge in [0.25, 0.3) is 0 Å². The van der Waals surface area contributed by atoms with E-state index >= 15 is 0 Å². The second-order valence-electron chi connectivity index (χ2n) is 3.71. The Morgan fingerprint density at radius 3 is 2.71 bits per heavy atom. The van der Waals surface area contributed by atoms with Gasteiger partial charge in [-0.05, 0) is 30.5 Å². The van der Waals surface area contributed by atoms with E-state index in [-0.39, 0.29) is 0 Å². The molecule has 17 heavy (non-hydrogen) atoms. The highest BCUT2D eigenvalue weighted by Crippen LogP contribution is 2.21. The molecule has 0 amide bonds. The first kappa shape index (κ1) is 11.9. The summed E-state index contributed by atoms with van der Waals surface area (Å²) in [4.78, 5) is 1.23. The van der Waals surface area contributed by atoms with E-state index in [4.69, 9.17) is 0 Å². The van der Waals surface area contributed by atoms with E-state index in [1.54, 1.807) is 17.8 Å². The van der Waals surface area contributed by atoms with Crippen molar-refractivity contribution < 1.29 is 5.11 Å². The summed E-state index contributed by atoms with van der Waals surface area (Å²) >= 11 is 1.72. The average Bonchev–Trinajstić information content (AvgIpc) is 2.38. The first-order chi connectivity index (χ1) is 8.29. The monoisotopic (exact) mass is 245 g/mol. The highest BCUT2D eigenvalue weighted by Gasteiger charge is 1.99. The number of para-hydroxylation sites is 1. The SMILES string of the molecule is CSc1cccc(NCc2ccccc2O)c1. The molecule has 0 saturated heterocycles. The van der Waals surface area contributed by atoms with Crippen molar-refractivity contribution in [2.75, 3.05) is 11.6 Å². The zero-order valence-electron chi connectivity index (χ0n) is 9.68. The molecule has 0 radical (unpaired) electrons. The molecule has 0 atom stereocenters. The zero-order valence-corrected chi connectivity index (χ0v) is 10.5. The topological polar surface area (TPSA) is 32.3 Å². The van der Waals surface area contributed by atoms with Gasteiger partial charge in [0.2, 0.25) is 0 Å². The molecule has 88 valence electrons. The number of rotatable bonds is 4. The molecule has 0 unspecified atom stereocenters. The second-order valence-corrected chi connectivity index (χ2v) is 4.59. The number of nitrogens with one attached hydrogen (secondary N) is 1. The Hall–Kier alpha value is -1.61. The Labute approximate surface area is 106 Å². The predicted molar refractivity (Wildman–Crippen MR) is 73.7 cm³/mol. The lowest BCUT2D eigenvalue weighted by molar-refractivity contribution is 0.469. The molecular formula is C14H15NOS. The zero-order chi connectivity index (χ0) is 12.1. The van der Waals surface area contributed by atoms with Gasteiger partial charge in [-0.3, -0.25) is 0 Å². The maximum absolute atomic E-state index is 9.65. The van der Waals surface area contributed by atoms with Crippen LogP contribution < -0.4 is 5.32 Å². The van der Waals surface area contributed by atoms with Crippen LogP contribution in [0.1, 0.15) is 5.56 Å². The quantitative estimate of drug-likeness (QED) is 0.805. The summed E-state index contributed by atoms with van der Waals surface area (Å²) in [5.74, 6) is 0.334. The molecule has 0 aliphatic heterocycles.